The molecule has 176 valence electrons. The topological polar surface area (TPSA) is 94.6 Å². The van der Waals surface area contributed by atoms with Gasteiger partial charge < -0.3 is 10.6 Å². The molecule has 4 heterocycles. The van der Waals surface area contributed by atoms with Crippen molar-refractivity contribution in [1.82, 2.24) is 34.4 Å². The summed E-state index contributed by atoms with van der Waals surface area (Å²) in [5.74, 6) is 1.14. The molecule has 9 heteroatoms. The molecule has 0 unspecified atom stereocenters. The van der Waals surface area contributed by atoms with E-state index in [4.69, 9.17) is 10.1 Å². The fourth-order valence-corrected chi connectivity index (χ4v) is 4.94. The largest absolute Gasteiger partial charge is 0.324 e. The van der Waals surface area contributed by atoms with E-state index in [1.54, 1.807) is 10.9 Å². The molecule has 0 atom stereocenters. The van der Waals surface area contributed by atoms with Crippen molar-refractivity contribution in [2.24, 2.45) is 0 Å². The fourth-order valence-electron chi connectivity index (χ4n) is 4.94. The third-order valence-corrected chi connectivity index (χ3v) is 6.82. The van der Waals surface area contributed by atoms with Gasteiger partial charge in [-0.15, -0.1) is 0 Å². The van der Waals surface area contributed by atoms with Crippen molar-refractivity contribution in [2.45, 2.75) is 64.6 Å². The minimum atomic E-state index is -0.111. The summed E-state index contributed by atoms with van der Waals surface area (Å²) in [6.07, 6.45) is 5.89. The molecule has 1 aliphatic carbocycles. The minimum Gasteiger partial charge on any atom is -0.324 e. The molecule has 0 saturated heterocycles. The molecular weight excluding hydrogens is 428 g/mol. The van der Waals surface area contributed by atoms with Gasteiger partial charge >= 0.3 is 0 Å². The van der Waals surface area contributed by atoms with E-state index >= 15 is 0 Å². The van der Waals surface area contributed by atoms with E-state index in [0.717, 1.165) is 31.6 Å². The Bertz CT molecular complexity index is 1450. The monoisotopic (exact) mass is 458 g/mol. The van der Waals surface area contributed by atoms with Gasteiger partial charge in [0, 0.05) is 48.7 Å². The van der Waals surface area contributed by atoms with Crippen LogP contribution >= 0.6 is 0 Å². The number of hydrogen-bond donors (Lipinski definition) is 2. The van der Waals surface area contributed by atoms with E-state index in [1.165, 1.54) is 11.1 Å². The second kappa shape index (κ2) is 7.53. The number of anilines is 2. The third kappa shape index (κ3) is 3.42. The average Bonchev–Trinajstić information content (AvgIpc) is 3.45. The van der Waals surface area contributed by atoms with Crippen LogP contribution in [-0.4, -0.2) is 35.7 Å². The minimum absolute atomic E-state index is 0.0549. The molecule has 0 amide bonds. The van der Waals surface area contributed by atoms with Gasteiger partial charge in [-0.1, -0.05) is 19.9 Å². The number of benzene rings is 1. The van der Waals surface area contributed by atoms with Crippen LogP contribution in [0, 0.1) is 0 Å². The van der Waals surface area contributed by atoms with Gasteiger partial charge in [-0.25, -0.2) is 14.3 Å². The lowest BCUT2D eigenvalue weighted by molar-refractivity contribution is 0.435. The highest BCUT2D eigenvalue weighted by atomic mass is 16.1. The number of fused-ring (bicyclic) bond motifs is 2. The summed E-state index contributed by atoms with van der Waals surface area (Å²) in [5, 5.41) is 12.1. The Labute approximate surface area is 197 Å². The highest BCUT2D eigenvalue weighted by molar-refractivity contribution is 5.77. The van der Waals surface area contributed by atoms with Crippen LogP contribution in [0.15, 0.2) is 41.5 Å². The molecule has 0 bridgehead atoms. The first-order valence-corrected chi connectivity index (χ1v) is 12.0. The Kier molecular flexibility index (Phi) is 4.67. The molecule has 0 spiro atoms. The summed E-state index contributed by atoms with van der Waals surface area (Å²) in [5.41, 5.74) is 4.10. The summed E-state index contributed by atoms with van der Waals surface area (Å²) in [7, 11) is 0. The molecule has 1 aromatic carbocycles. The summed E-state index contributed by atoms with van der Waals surface area (Å²) in [6.45, 7) is 10.3. The van der Waals surface area contributed by atoms with Crippen LogP contribution in [0.5, 0.6) is 0 Å². The van der Waals surface area contributed by atoms with Crippen LogP contribution in [0.25, 0.3) is 16.9 Å². The second-order valence-electron chi connectivity index (χ2n) is 10.4. The predicted octanol–water partition coefficient (Wildman–Crippen LogP) is 3.82. The molecule has 2 N–H and O–H groups in total. The Balaban J connectivity index is 1.42. The summed E-state index contributed by atoms with van der Waals surface area (Å²) in [6, 6.07) is 8.77. The van der Waals surface area contributed by atoms with Crippen molar-refractivity contribution >= 4 is 22.7 Å². The van der Waals surface area contributed by atoms with Crippen LogP contribution in [0.3, 0.4) is 0 Å². The molecule has 9 nitrogen and oxygen atoms in total. The van der Waals surface area contributed by atoms with Crippen molar-refractivity contribution in [3.05, 3.63) is 58.1 Å². The molecule has 6 rings (SSSR count). The number of hydrogen-bond acceptors (Lipinski definition) is 6. The van der Waals surface area contributed by atoms with Crippen molar-refractivity contribution in [3.63, 3.8) is 0 Å². The van der Waals surface area contributed by atoms with Crippen LogP contribution in [-0.2, 0) is 12.0 Å². The lowest BCUT2D eigenvalue weighted by atomic mass is 9.79. The van der Waals surface area contributed by atoms with Gasteiger partial charge in [0.1, 0.15) is 5.39 Å². The van der Waals surface area contributed by atoms with Gasteiger partial charge in [-0.3, -0.25) is 9.48 Å². The summed E-state index contributed by atoms with van der Waals surface area (Å²) in [4.78, 5) is 22.4. The third-order valence-electron chi connectivity index (χ3n) is 6.82. The van der Waals surface area contributed by atoms with Crippen molar-refractivity contribution in [3.8, 4) is 5.82 Å². The molecule has 1 aliphatic heterocycles. The van der Waals surface area contributed by atoms with Gasteiger partial charge in [-0.05, 0) is 49.9 Å². The molecule has 3 aromatic heterocycles. The highest BCUT2D eigenvalue weighted by Crippen LogP contribution is 2.34. The lowest BCUT2D eigenvalue weighted by Crippen LogP contribution is -2.38. The molecular formula is C25H30N8O. The Morgan fingerprint density at radius 1 is 1.21 bits per heavy atom. The first kappa shape index (κ1) is 21.1. The zero-order valence-corrected chi connectivity index (χ0v) is 20.0. The van der Waals surface area contributed by atoms with E-state index in [9.17, 15) is 4.79 Å². The normalized spacial score (nSPS) is 17.3. The van der Waals surface area contributed by atoms with Crippen molar-refractivity contribution < 1.29 is 0 Å². The molecule has 0 radical (unpaired) electrons. The quantitative estimate of drug-likeness (QED) is 0.472. The molecule has 34 heavy (non-hydrogen) atoms. The highest BCUT2D eigenvalue weighted by Gasteiger charge is 2.28. The Morgan fingerprint density at radius 3 is 2.79 bits per heavy atom. The van der Waals surface area contributed by atoms with Crippen molar-refractivity contribution in [1.29, 1.82) is 0 Å². The van der Waals surface area contributed by atoms with E-state index in [0.29, 0.717) is 28.8 Å². The van der Waals surface area contributed by atoms with Crippen LogP contribution in [0.1, 0.15) is 63.7 Å². The predicted molar refractivity (Wildman–Crippen MR) is 132 cm³/mol. The van der Waals surface area contributed by atoms with E-state index in [2.05, 4.69) is 47.7 Å². The van der Waals surface area contributed by atoms with Crippen molar-refractivity contribution in [2.75, 3.05) is 11.9 Å². The molecule has 4 aromatic rings. The van der Waals surface area contributed by atoms with Gasteiger partial charge in [0.25, 0.3) is 5.56 Å². The molecule has 1 saturated carbocycles. The molecule has 1 fully saturated rings. The summed E-state index contributed by atoms with van der Waals surface area (Å²) < 4.78 is 5.52. The second-order valence-corrected chi connectivity index (χ2v) is 10.4. The standard InChI is InChI=1S/C25H30N8O/c1-15(2)32-23(34)19-13-27-24(28-17-5-8-20-16(11-17)12-26-14-25(20,3)4)29-22(19)33(32)21-9-10-31(30-21)18-6-7-18/h5,8-11,13,15,18,26H,6-7,12,14H2,1-4H3,(H,27,28,29). The van der Waals surface area contributed by atoms with Crippen LogP contribution < -0.4 is 16.2 Å². The Hall–Kier alpha value is -3.46. The van der Waals surface area contributed by atoms with E-state index in [1.807, 2.05) is 35.5 Å². The van der Waals surface area contributed by atoms with Crippen LogP contribution in [0.4, 0.5) is 11.6 Å². The zero-order chi connectivity index (χ0) is 23.6. The van der Waals surface area contributed by atoms with Gasteiger partial charge in [-0.2, -0.15) is 10.1 Å². The Morgan fingerprint density at radius 2 is 2.03 bits per heavy atom. The maximum Gasteiger partial charge on any atom is 0.278 e. The fraction of sp³-hybridized carbons (Fsp3) is 0.440. The maximum atomic E-state index is 13.2. The number of nitrogens with one attached hydrogen (secondary N) is 2. The van der Waals surface area contributed by atoms with Crippen LogP contribution in [0.2, 0.25) is 0 Å². The zero-order valence-electron chi connectivity index (χ0n) is 20.0. The van der Waals surface area contributed by atoms with E-state index in [-0.39, 0.29) is 17.0 Å². The number of aromatic nitrogens is 6. The lowest BCUT2D eigenvalue weighted by Gasteiger charge is -2.33. The first-order chi connectivity index (χ1) is 16.3. The SMILES string of the molecule is CC(C)n1c(=O)c2cnc(Nc3ccc4c(c3)CNCC4(C)C)nc2n1-c1ccn(C2CC2)n1. The molecule has 2 aliphatic rings. The maximum absolute atomic E-state index is 13.2. The number of rotatable bonds is 5. The van der Waals surface area contributed by atoms with Gasteiger partial charge in [0.2, 0.25) is 5.95 Å². The smallest absolute Gasteiger partial charge is 0.278 e. The van der Waals surface area contributed by atoms with Gasteiger partial charge in [0.15, 0.2) is 11.5 Å². The number of nitrogens with zero attached hydrogens (tertiary/aromatic N) is 6. The first-order valence-electron chi connectivity index (χ1n) is 12.0. The summed E-state index contributed by atoms with van der Waals surface area (Å²) >= 11 is 0. The van der Waals surface area contributed by atoms with Gasteiger partial charge in [0.05, 0.1) is 6.04 Å². The van der Waals surface area contributed by atoms with E-state index < -0.39 is 0 Å². The average molecular weight is 459 g/mol.